The van der Waals surface area contributed by atoms with Crippen molar-refractivity contribution in [3.63, 3.8) is 0 Å². The Labute approximate surface area is 138 Å². The molecule has 0 atom stereocenters. The molecule has 6 heteroatoms. The summed E-state index contributed by atoms with van der Waals surface area (Å²) in [6.45, 7) is 4.65. The lowest BCUT2D eigenvalue weighted by Gasteiger charge is -2.33. The molecule has 1 aliphatic carbocycles. The smallest absolute Gasteiger partial charge is 0.240 e. The van der Waals surface area contributed by atoms with Crippen LogP contribution in [0, 0.1) is 0 Å². The van der Waals surface area contributed by atoms with E-state index >= 15 is 0 Å². The maximum absolute atomic E-state index is 12.2. The molecule has 0 aromatic carbocycles. The molecule has 3 rings (SSSR count). The van der Waals surface area contributed by atoms with Gasteiger partial charge in [0.05, 0.1) is 5.54 Å². The second kappa shape index (κ2) is 6.84. The highest BCUT2D eigenvalue weighted by Gasteiger charge is 2.36. The second-order valence-electron chi connectivity index (χ2n) is 6.86. The third-order valence-corrected chi connectivity index (χ3v) is 5.04. The number of piperazine rings is 1. The second-order valence-corrected chi connectivity index (χ2v) is 6.86. The first-order chi connectivity index (χ1) is 11.1. The number of likely N-dealkylation sites (N-methyl/N-ethyl adjacent to an activating group) is 1. The van der Waals surface area contributed by atoms with Crippen molar-refractivity contribution in [1.82, 2.24) is 15.2 Å². The van der Waals surface area contributed by atoms with Crippen LogP contribution in [0.1, 0.15) is 31.2 Å². The summed E-state index contributed by atoms with van der Waals surface area (Å²) in [7, 11) is 2.14. The van der Waals surface area contributed by atoms with Crippen molar-refractivity contribution in [2.24, 2.45) is 5.73 Å². The number of anilines is 1. The van der Waals surface area contributed by atoms with Crippen LogP contribution in [0.25, 0.3) is 0 Å². The fraction of sp³-hybridized carbons (Fsp3) is 0.647. The molecule has 0 spiro atoms. The minimum absolute atomic E-state index is 0.0295. The van der Waals surface area contributed by atoms with Crippen LogP contribution >= 0.6 is 0 Å². The Morgan fingerprint density at radius 1 is 1.26 bits per heavy atom. The molecule has 126 valence electrons. The van der Waals surface area contributed by atoms with Crippen LogP contribution in [0.5, 0.6) is 0 Å². The van der Waals surface area contributed by atoms with Crippen molar-refractivity contribution < 1.29 is 4.79 Å². The molecular formula is C17H27N5O. The summed E-state index contributed by atoms with van der Waals surface area (Å²) in [4.78, 5) is 21.4. The lowest BCUT2D eigenvalue weighted by Crippen LogP contribution is -2.51. The molecule has 2 fully saturated rings. The first-order valence-electron chi connectivity index (χ1n) is 8.52. The van der Waals surface area contributed by atoms with E-state index in [4.69, 9.17) is 5.73 Å². The van der Waals surface area contributed by atoms with Crippen LogP contribution < -0.4 is 16.0 Å². The molecule has 0 radical (unpaired) electrons. The van der Waals surface area contributed by atoms with Gasteiger partial charge in [0.2, 0.25) is 5.91 Å². The Balaban J connectivity index is 1.52. The van der Waals surface area contributed by atoms with E-state index in [1.165, 1.54) is 0 Å². The molecule has 1 aliphatic heterocycles. The highest BCUT2D eigenvalue weighted by Crippen LogP contribution is 2.27. The first-order valence-corrected chi connectivity index (χ1v) is 8.52. The Morgan fingerprint density at radius 3 is 2.57 bits per heavy atom. The van der Waals surface area contributed by atoms with Gasteiger partial charge in [0.25, 0.3) is 0 Å². The zero-order chi connectivity index (χ0) is 16.3. The summed E-state index contributed by atoms with van der Waals surface area (Å²) in [5.41, 5.74) is 6.51. The summed E-state index contributed by atoms with van der Waals surface area (Å²) in [5, 5.41) is 2.96. The Bertz CT molecular complexity index is 530. The topological polar surface area (TPSA) is 74.5 Å². The van der Waals surface area contributed by atoms with Crippen LogP contribution in [0.4, 0.5) is 5.82 Å². The van der Waals surface area contributed by atoms with Gasteiger partial charge in [0.15, 0.2) is 0 Å². The molecular weight excluding hydrogens is 290 g/mol. The largest absolute Gasteiger partial charge is 0.354 e. The van der Waals surface area contributed by atoms with E-state index in [2.05, 4.69) is 27.1 Å². The molecule has 0 bridgehead atoms. The average molecular weight is 317 g/mol. The first kappa shape index (κ1) is 16.2. The maximum Gasteiger partial charge on any atom is 0.240 e. The normalized spacial score (nSPS) is 21.4. The van der Waals surface area contributed by atoms with Crippen LogP contribution in [0.3, 0.4) is 0 Å². The highest BCUT2D eigenvalue weighted by molar-refractivity contribution is 5.86. The summed E-state index contributed by atoms with van der Waals surface area (Å²) in [6.07, 6.45) is 5.53. The SMILES string of the molecule is CN1CCN(c2ccc(CNC(=O)C3(N)CCCC3)cn2)CC1. The fourth-order valence-corrected chi connectivity index (χ4v) is 3.34. The van der Waals surface area contributed by atoms with Gasteiger partial charge < -0.3 is 20.9 Å². The fourth-order valence-electron chi connectivity index (χ4n) is 3.34. The lowest BCUT2D eigenvalue weighted by atomic mass is 9.98. The Morgan fingerprint density at radius 2 is 1.96 bits per heavy atom. The number of nitrogens with one attached hydrogen (secondary N) is 1. The van der Waals surface area contributed by atoms with Crippen LogP contribution in [-0.4, -0.2) is 54.6 Å². The molecule has 23 heavy (non-hydrogen) atoms. The number of amides is 1. The van der Waals surface area contributed by atoms with Crippen molar-refractivity contribution in [1.29, 1.82) is 0 Å². The molecule has 3 N–H and O–H groups in total. The van der Waals surface area contributed by atoms with Gasteiger partial charge in [-0.3, -0.25) is 4.79 Å². The number of pyridine rings is 1. The van der Waals surface area contributed by atoms with E-state index in [1.807, 2.05) is 18.3 Å². The third-order valence-electron chi connectivity index (χ3n) is 5.04. The molecule has 0 unspecified atom stereocenters. The molecule has 6 nitrogen and oxygen atoms in total. The van der Waals surface area contributed by atoms with Crippen molar-refractivity contribution in [2.75, 3.05) is 38.1 Å². The molecule has 2 aliphatic rings. The van der Waals surface area contributed by atoms with Crippen molar-refractivity contribution in [3.8, 4) is 0 Å². The zero-order valence-electron chi connectivity index (χ0n) is 13.9. The Hall–Kier alpha value is -1.66. The lowest BCUT2D eigenvalue weighted by molar-refractivity contribution is -0.126. The number of carbonyl (C=O) groups excluding carboxylic acids is 1. The van der Waals surface area contributed by atoms with Crippen LogP contribution in [-0.2, 0) is 11.3 Å². The average Bonchev–Trinajstić information content (AvgIpc) is 3.02. The predicted molar refractivity (Wildman–Crippen MR) is 91.2 cm³/mol. The standard InChI is InChI=1S/C17H27N5O/c1-21-8-10-22(11-9-21)15-5-4-14(12-19-15)13-20-16(23)17(18)6-2-3-7-17/h4-5,12H,2-3,6-11,13,18H2,1H3,(H,20,23). The molecule has 2 heterocycles. The van der Waals surface area contributed by atoms with E-state index in [-0.39, 0.29) is 5.91 Å². The quantitative estimate of drug-likeness (QED) is 0.856. The van der Waals surface area contributed by atoms with Gasteiger partial charge in [-0.05, 0) is 31.5 Å². The van der Waals surface area contributed by atoms with E-state index in [1.54, 1.807) is 0 Å². The van der Waals surface area contributed by atoms with Gasteiger partial charge >= 0.3 is 0 Å². The third kappa shape index (κ3) is 3.82. The maximum atomic E-state index is 12.2. The number of rotatable bonds is 4. The zero-order valence-corrected chi connectivity index (χ0v) is 13.9. The molecule has 1 saturated heterocycles. The van der Waals surface area contributed by atoms with Gasteiger partial charge in [-0.1, -0.05) is 18.9 Å². The number of nitrogens with two attached hydrogens (primary N) is 1. The molecule has 1 amide bonds. The number of aromatic nitrogens is 1. The summed E-state index contributed by atoms with van der Waals surface area (Å²) in [6, 6.07) is 4.08. The van der Waals surface area contributed by atoms with Gasteiger partial charge in [-0.25, -0.2) is 4.98 Å². The number of nitrogens with zero attached hydrogens (tertiary/aromatic N) is 3. The van der Waals surface area contributed by atoms with Gasteiger partial charge in [0.1, 0.15) is 5.82 Å². The van der Waals surface area contributed by atoms with Gasteiger partial charge in [0, 0.05) is 38.9 Å². The molecule has 1 saturated carbocycles. The number of hydrogen-bond acceptors (Lipinski definition) is 5. The number of hydrogen-bond donors (Lipinski definition) is 2. The van der Waals surface area contributed by atoms with Crippen LogP contribution in [0.2, 0.25) is 0 Å². The Kier molecular flexibility index (Phi) is 4.82. The van der Waals surface area contributed by atoms with Crippen molar-refractivity contribution in [2.45, 2.75) is 37.8 Å². The van der Waals surface area contributed by atoms with Gasteiger partial charge in [-0.15, -0.1) is 0 Å². The van der Waals surface area contributed by atoms with Crippen LogP contribution in [0.15, 0.2) is 18.3 Å². The minimum Gasteiger partial charge on any atom is -0.354 e. The van der Waals surface area contributed by atoms with Gasteiger partial charge in [-0.2, -0.15) is 0 Å². The van der Waals surface area contributed by atoms with E-state index < -0.39 is 5.54 Å². The highest BCUT2D eigenvalue weighted by atomic mass is 16.2. The monoisotopic (exact) mass is 317 g/mol. The molecule has 1 aromatic rings. The number of carbonyl (C=O) groups is 1. The summed E-state index contributed by atoms with van der Waals surface area (Å²) in [5.74, 6) is 0.984. The molecule has 1 aromatic heterocycles. The van der Waals surface area contributed by atoms with Crippen molar-refractivity contribution >= 4 is 11.7 Å². The van der Waals surface area contributed by atoms with E-state index in [9.17, 15) is 4.79 Å². The minimum atomic E-state index is -0.660. The van der Waals surface area contributed by atoms with Crippen molar-refractivity contribution in [3.05, 3.63) is 23.9 Å². The summed E-state index contributed by atoms with van der Waals surface area (Å²) < 4.78 is 0. The predicted octanol–water partition coefficient (Wildman–Crippen LogP) is 0.721. The van der Waals surface area contributed by atoms with E-state index in [0.29, 0.717) is 6.54 Å². The van der Waals surface area contributed by atoms with E-state index in [0.717, 1.165) is 63.2 Å². The summed E-state index contributed by atoms with van der Waals surface area (Å²) >= 11 is 0.